The van der Waals surface area contributed by atoms with Gasteiger partial charge in [0.2, 0.25) is 0 Å². The number of aliphatic hydroxyl groups excluding tert-OH is 1. The molecule has 62 heavy (non-hydrogen) atoms. The van der Waals surface area contributed by atoms with Gasteiger partial charge in [0.1, 0.15) is 5.60 Å². The van der Waals surface area contributed by atoms with Gasteiger partial charge >= 0.3 is 12.1 Å². The summed E-state index contributed by atoms with van der Waals surface area (Å²) < 4.78 is 52.8. The first-order chi connectivity index (χ1) is 29.2. The number of aliphatic hydroxyl groups is 2. The predicted octanol–water partition coefficient (Wildman–Crippen LogP) is 8.04. The fourth-order valence-electron chi connectivity index (χ4n) is 8.38. The van der Waals surface area contributed by atoms with Crippen LogP contribution in [0.2, 0.25) is 5.04 Å². The first-order valence-corrected chi connectivity index (χ1v) is 24.5. The van der Waals surface area contributed by atoms with Crippen molar-refractivity contribution in [2.75, 3.05) is 26.9 Å². The molecule has 0 saturated heterocycles. The van der Waals surface area contributed by atoms with Gasteiger partial charge in [0.15, 0.2) is 0 Å². The second-order valence-corrected chi connectivity index (χ2v) is 24.1. The zero-order valence-corrected chi connectivity index (χ0v) is 39.3. The largest absolute Gasteiger partial charge is 0.469 e. The van der Waals surface area contributed by atoms with Crippen molar-refractivity contribution in [3.63, 3.8) is 0 Å². The van der Waals surface area contributed by atoms with E-state index in [-0.39, 0.29) is 43.8 Å². The van der Waals surface area contributed by atoms with Crippen LogP contribution in [0, 0.1) is 12.8 Å². The molecule has 1 heterocycles. The highest BCUT2D eigenvalue weighted by atomic mass is 32.2. The Hall–Kier alpha value is -4.63. The quantitative estimate of drug-likeness (QED) is 0.0503. The van der Waals surface area contributed by atoms with Gasteiger partial charge in [-0.1, -0.05) is 124 Å². The summed E-state index contributed by atoms with van der Waals surface area (Å²) in [6.45, 7) is 14.5. The molecule has 0 aliphatic carbocycles. The molecule has 1 aromatic heterocycles. The summed E-state index contributed by atoms with van der Waals surface area (Å²) >= 11 is 0. The van der Waals surface area contributed by atoms with E-state index in [1.807, 2.05) is 55.5 Å². The number of esters is 1. The highest BCUT2D eigenvalue weighted by Crippen LogP contribution is 2.41. The summed E-state index contributed by atoms with van der Waals surface area (Å²) in [5.74, 6) is -2.44. The smallest absolute Gasteiger partial charge is 0.419 e. The summed E-state index contributed by atoms with van der Waals surface area (Å²) in [6, 6.07) is 33.6. The van der Waals surface area contributed by atoms with Crippen molar-refractivity contribution in [2.45, 2.75) is 108 Å². The summed E-state index contributed by atoms with van der Waals surface area (Å²) in [4.78, 5) is 28.6. The first-order valence-electron chi connectivity index (χ1n) is 21.2. The van der Waals surface area contributed by atoms with Crippen molar-refractivity contribution in [3.05, 3.63) is 126 Å². The number of benzene rings is 4. The van der Waals surface area contributed by atoms with Crippen LogP contribution < -0.4 is 10.4 Å². The molecule has 4 aromatic carbocycles. The summed E-state index contributed by atoms with van der Waals surface area (Å²) in [5, 5.41) is 25.1. The molecule has 2 unspecified atom stereocenters. The number of rotatable bonds is 18. The van der Waals surface area contributed by atoms with E-state index in [1.165, 1.54) is 23.8 Å². The zero-order chi connectivity index (χ0) is 45.5. The van der Waals surface area contributed by atoms with E-state index in [9.17, 15) is 28.2 Å². The van der Waals surface area contributed by atoms with Crippen molar-refractivity contribution in [1.29, 1.82) is 0 Å². The number of fused-ring (bicyclic) bond motifs is 1. The van der Waals surface area contributed by atoms with Crippen LogP contribution in [0.25, 0.3) is 10.9 Å². The first kappa shape index (κ1) is 48.4. The number of hydrogen-bond acceptors (Lipinski definition) is 10. The molecule has 0 aliphatic rings. The minimum atomic E-state index is -4.26. The van der Waals surface area contributed by atoms with Crippen LogP contribution in [0.3, 0.4) is 0 Å². The second kappa shape index (κ2) is 19.8. The third-order valence-corrected chi connectivity index (χ3v) is 17.7. The summed E-state index contributed by atoms with van der Waals surface area (Å²) in [7, 11) is -6.18. The lowest BCUT2D eigenvalue weighted by Gasteiger charge is -2.44. The van der Waals surface area contributed by atoms with E-state index in [2.05, 4.69) is 45.0 Å². The molecule has 0 spiro atoms. The lowest BCUT2D eigenvalue weighted by atomic mass is 9.82. The SMILES string of the molecule is CCC(O)(COS(=O)(=O)c1ccc(C)cc1)C[C@H](CO[Si](c1ccccc1)(c1ccccc1)C(C)(C)C)CC(C(=O)OC)c1c(CCO)c2ccccc2n1C(=O)OC(C)(C)C. The monoisotopic (exact) mass is 885 g/mol. The van der Waals surface area contributed by atoms with E-state index < -0.39 is 65.2 Å². The van der Waals surface area contributed by atoms with Crippen molar-refractivity contribution in [2.24, 2.45) is 5.92 Å². The lowest BCUT2D eigenvalue weighted by molar-refractivity contribution is -0.143. The Morgan fingerprint density at radius 2 is 1.39 bits per heavy atom. The molecule has 3 atom stereocenters. The summed E-state index contributed by atoms with van der Waals surface area (Å²) in [6.07, 6.45) is -0.549. The van der Waals surface area contributed by atoms with Crippen LogP contribution >= 0.6 is 0 Å². The third kappa shape index (κ3) is 10.9. The minimum absolute atomic E-state index is 0.00452. The maximum Gasteiger partial charge on any atom is 0.419 e. The van der Waals surface area contributed by atoms with Crippen LogP contribution in [0.15, 0.2) is 114 Å². The number of para-hydroxylation sites is 1. The molecule has 0 saturated carbocycles. The number of methoxy groups -OCH3 is 1. The molecule has 2 N–H and O–H groups in total. The van der Waals surface area contributed by atoms with Crippen molar-refractivity contribution in [3.8, 4) is 0 Å². The zero-order valence-electron chi connectivity index (χ0n) is 37.5. The number of ether oxygens (including phenoxy) is 2. The number of nitrogens with zero attached hydrogens (tertiary/aromatic N) is 1. The van der Waals surface area contributed by atoms with Crippen LogP contribution in [-0.4, -0.2) is 81.7 Å². The van der Waals surface area contributed by atoms with Gasteiger partial charge in [-0.2, -0.15) is 8.42 Å². The third-order valence-electron chi connectivity index (χ3n) is 11.4. The van der Waals surface area contributed by atoms with Crippen LogP contribution in [-0.2, 0) is 39.4 Å². The fourth-order valence-corrected chi connectivity index (χ4v) is 14.0. The highest BCUT2D eigenvalue weighted by molar-refractivity contribution is 7.86. The molecule has 13 heteroatoms. The number of aromatic nitrogens is 1. The molecule has 0 bridgehead atoms. The van der Waals surface area contributed by atoms with Gasteiger partial charge in [-0.15, -0.1) is 0 Å². The van der Waals surface area contributed by atoms with E-state index >= 15 is 0 Å². The Kier molecular flexibility index (Phi) is 15.5. The Labute approximate surface area is 368 Å². The van der Waals surface area contributed by atoms with E-state index in [0.29, 0.717) is 22.2 Å². The molecule has 0 amide bonds. The molecule has 11 nitrogen and oxygen atoms in total. The maximum atomic E-state index is 14.4. The fraction of sp³-hybridized carbons (Fsp3) is 0.429. The molecule has 5 aromatic rings. The van der Waals surface area contributed by atoms with Crippen molar-refractivity contribution in [1.82, 2.24) is 4.57 Å². The molecule has 5 rings (SSSR count). The van der Waals surface area contributed by atoms with Gasteiger partial charge in [-0.05, 0) is 98.5 Å². The van der Waals surface area contributed by atoms with Crippen molar-refractivity contribution < 1.29 is 46.3 Å². The number of carbonyl (C=O) groups is 2. The number of carbonyl (C=O) groups excluding carboxylic acids is 2. The van der Waals surface area contributed by atoms with E-state index in [4.69, 9.17) is 18.1 Å². The molecular formula is C49H63NO10SSi. The highest BCUT2D eigenvalue weighted by Gasteiger charge is 2.51. The van der Waals surface area contributed by atoms with Gasteiger partial charge in [0, 0.05) is 24.3 Å². The minimum Gasteiger partial charge on any atom is -0.469 e. The van der Waals surface area contributed by atoms with Crippen molar-refractivity contribution >= 4 is 51.8 Å². The van der Waals surface area contributed by atoms with E-state index in [1.54, 1.807) is 52.0 Å². The Balaban J connectivity index is 1.69. The van der Waals surface area contributed by atoms with Crippen LogP contribution in [0.4, 0.5) is 4.79 Å². The average molecular weight is 886 g/mol. The van der Waals surface area contributed by atoms with Gasteiger partial charge in [-0.3, -0.25) is 8.98 Å². The van der Waals surface area contributed by atoms with Gasteiger partial charge < -0.3 is 24.1 Å². The Morgan fingerprint density at radius 3 is 1.90 bits per heavy atom. The number of aryl methyl sites for hydroxylation is 1. The van der Waals surface area contributed by atoms with Gasteiger partial charge in [0.05, 0.1) is 35.6 Å². The Bertz CT molecular complexity index is 2350. The topological polar surface area (TPSA) is 151 Å². The van der Waals surface area contributed by atoms with Gasteiger partial charge in [0.25, 0.3) is 18.4 Å². The molecular weight excluding hydrogens is 823 g/mol. The number of hydrogen-bond donors (Lipinski definition) is 2. The maximum absolute atomic E-state index is 14.4. The average Bonchev–Trinajstić information content (AvgIpc) is 3.55. The van der Waals surface area contributed by atoms with E-state index in [0.717, 1.165) is 15.9 Å². The van der Waals surface area contributed by atoms with Gasteiger partial charge in [-0.25, -0.2) is 9.36 Å². The second-order valence-electron chi connectivity index (χ2n) is 18.1. The Morgan fingerprint density at radius 1 is 0.823 bits per heavy atom. The van der Waals surface area contributed by atoms with Crippen LogP contribution in [0.1, 0.15) is 90.5 Å². The molecule has 0 aliphatic heterocycles. The molecule has 334 valence electrons. The molecule has 0 fully saturated rings. The predicted molar refractivity (Wildman–Crippen MR) is 245 cm³/mol. The summed E-state index contributed by atoms with van der Waals surface area (Å²) in [5.41, 5.74) is -0.353. The normalized spacial score (nSPS) is 14.6. The molecule has 0 radical (unpaired) electrons. The van der Waals surface area contributed by atoms with Crippen LogP contribution in [0.5, 0.6) is 0 Å². The lowest BCUT2D eigenvalue weighted by Crippen LogP contribution is -2.67. The standard InChI is InChI=1S/C49H63NO10SSi/c1-10-49(54,34-58-61(55,56)37-27-25-35(2)26-28-37)32-36(33-59-62(48(6,7)8,38-19-13-11-14-20-38)39-21-15-12-16-22-39)31-42(45(52)57-9)44-41(29-30-51)40-23-17-18-24-43(40)50(44)46(53)60-47(3,4)5/h11-28,36,42,51,54H,10,29-34H2,1-9H3/t36-,42?,49?/m1/s1.